The molecule has 6 nitrogen and oxygen atoms in total. The summed E-state index contributed by atoms with van der Waals surface area (Å²) in [6, 6.07) is 7.67. The fourth-order valence-corrected chi connectivity index (χ4v) is 3.54. The number of rotatable bonds is 12. The van der Waals surface area contributed by atoms with Crippen molar-refractivity contribution in [1.82, 2.24) is 4.90 Å². The Hall–Kier alpha value is -2.18. The standard InChI is InChI=1S/C22H31NO5/c1-28-16-17-7-6-8-18(15-17)20(24)12-10-19-11-13-21(25)23(19)14-5-3-2-4-9-22(26)27/h6-8,10,12,15,19-20,24H,2-5,9,11,13-14,16H2,1H3,(H,26,27)/b12-10+/t19?,20-/m1/s1. The van der Waals surface area contributed by atoms with Crippen LogP contribution in [0.3, 0.4) is 0 Å². The molecule has 0 aromatic heterocycles. The summed E-state index contributed by atoms with van der Waals surface area (Å²) in [5, 5.41) is 19.1. The minimum Gasteiger partial charge on any atom is -0.481 e. The number of unbranched alkanes of at least 4 members (excludes halogenated alkanes) is 3. The fraction of sp³-hybridized carbons (Fsp3) is 0.545. The smallest absolute Gasteiger partial charge is 0.303 e. The van der Waals surface area contributed by atoms with E-state index < -0.39 is 12.1 Å². The number of hydrogen-bond acceptors (Lipinski definition) is 4. The van der Waals surface area contributed by atoms with Gasteiger partial charge in [0, 0.05) is 26.5 Å². The molecule has 1 unspecified atom stereocenters. The molecule has 2 rings (SSSR count). The van der Waals surface area contributed by atoms with Crippen molar-refractivity contribution in [3.8, 4) is 0 Å². The van der Waals surface area contributed by atoms with E-state index in [2.05, 4.69) is 0 Å². The number of carboxylic acids is 1. The fourth-order valence-electron chi connectivity index (χ4n) is 3.54. The maximum atomic E-state index is 12.2. The molecule has 0 spiro atoms. The summed E-state index contributed by atoms with van der Waals surface area (Å²) in [7, 11) is 1.64. The number of likely N-dealkylation sites (tertiary alicyclic amines) is 1. The number of aliphatic carboxylic acids is 1. The van der Waals surface area contributed by atoms with Crippen LogP contribution in [0.2, 0.25) is 0 Å². The highest BCUT2D eigenvalue weighted by molar-refractivity contribution is 5.79. The summed E-state index contributed by atoms with van der Waals surface area (Å²) in [4.78, 5) is 24.6. The lowest BCUT2D eigenvalue weighted by Crippen LogP contribution is -2.32. The maximum absolute atomic E-state index is 12.2. The molecule has 28 heavy (non-hydrogen) atoms. The van der Waals surface area contributed by atoms with Crippen molar-refractivity contribution in [2.24, 2.45) is 0 Å². The Morgan fingerprint density at radius 2 is 2.11 bits per heavy atom. The lowest BCUT2D eigenvalue weighted by atomic mass is 10.0. The summed E-state index contributed by atoms with van der Waals surface area (Å²) in [5.41, 5.74) is 1.81. The monoisotopic (exact) mass is 389 g/mol. The van der Waals surface area contributed by atoms with Crippen LogP contribution in [0.4, 0.5) is 0 Å². The lowest BCUT2D eigenvalue weighted by Gasteiger charge is -2.22. The molecule has 1 heterocycles. The number of amides is 1. The highest BCUT2D eigenvalue weighted by Gasteiger charge is 2.28. The van der Waals surface area contributed by atoms with Crippen molar-refractivity contribution in [2.45, 2.75) is 63.7 Å². The van der Waals surface area contributed by atoms with E-state index in [1.807, 2.05) is 35.2 Å². The van der Waals surface area contributed by atoms with Gasteiger partial charge in [0.1, 0.15) is 0 Å². The number of carbonyl (C=O) groups excluding carboxylic acids is 1. The van der Waals surface area contributed by atoms with E-state index in [0.717, 1.165) is 36.8 Å². The molecule has 1 fully saturated rings. The SMILES string of the molecule is COCc1cccc([C@H](O)/C=C/C2CCC(=O)N2CCCCCCC(=O)O)c1. The molecule has 2 atom stereocenters. The molecule has 0 saturated carbocycles. The van der Waals surface area contributed by atoms with Crippen LogP contribution >= 0.6 is 0 Å². The Morgan fingerprint density at radius 1 is 1.32 bits per heavy atom. The van der Waals surface area contributed by atoms with E-state index in [-0.39, 0.29) is 18.4 Å². The minimum absolute atomic E-state index is 0.0170. The van der Waals surface area contributed by atoms with Gasteiger partial charge < -0.3 is 19.8 Å². The summed E-state index contributed by atoms with van der Waals surface area (Å²) in [5.74, 6) is -0.608. The molecule has 0 radical (unpaired) electrons. The van der Waals surface area contributed by atoms with E-state index in [4.69, 9.17) is 9.84 Å². The third-order valence-corrected chi connectivity index (χ3v) is 5.03. The van der Waals surface area contributed by atoms with E-state index in [9.17, 15) is 14.7 Å². The molecule has 154 valence electrons. The predicted octanol–water partition coefficient (Wildman–Crippen LogP) is 3.45. The minimum atomic E-state index is -0.758. The molecule has 1 saturated heterocycles. The van der Waals surface area contributed by atoms with Crippen LogP contribution in [0.25, 0.3) is 0 Å². The lowest BCUT2D eigenvalue weighted by molar-refractivity contribution is -0.137. The highest BCUT2D eigenvalue weighted by Crippen LogP contribution is 2.23. The van der Waals surface area contributed by atoms with Gasteiger partial charge in [0.15, 0.2) is 0 Å². The molecule has 1 aromatic carbocycles. The Bertz CT molecular complexity index is 673. The molecular formula is C22H31NO5. The molecule has 1 aliphatic heterocycles. The molecule has 2 N–H and O–H groups in total. The van der Waals surface area contributed by atoms with Crippen molar-refractivity contribution in [3.63, 3.8) is 0 Å². The zero-order valence-corrected chi connectivity index (χ0v) is 16.5. The van der Waals surface area contributed by atoms with Gasteiger partial charge in [-0.05, 0) is 30.4 Å². The molecule has 0 bridgehead atoms. The van der Waals surface area contributed by atoms with Crippen molar-refractivity contribution in [3.05, 3.63) is 47.5 Å². The van der Waals surface area contributed by atoms with Gasteiger partial charge in [-0.25, -0.2) is 0 Å². The Labute approximate surface area is 166 Å². The van der Waals surface area contributed by atoms with E-state index >= 15 is 0 Å². The Kier molecular flexibility index (Phi) is 9.17. The number of aliphatic hydroxyl groups excluding tert-OH is 1. The van der Waals surface area contributed by atoms with Crippen LogP contribution in [-0.4, -0.2) is 46.7 Å². The third kappa shape index (κ3) is 7.09. The number of aliphatic hydroxyl groups is 1. The van der Waals surface area contributed by atoms with Crippen LogP contribution in [0, 0.1) is 0 Å². The van der Waals surface area contributed by atoms with Crippen LogP contribution < -0.4 is 0 Å². The third-order valence-electron chi connectivity index (χ3n) is 5.03. The number of hydrogen-bond donors (Lipinski definition) is 2. The van der Waals surface area contributed by atoms with Crippen molar-refractivity contribution < 1.29 is 24.5 Å². The average molecular weight is 389 g/mol. The number of carbonyl (C=O) groups is 2. The molecule has 6 heteroatoms. The second kappa shape index (κ2) is 11.6. The summed E-state index contributed by atoms with van der Waals surface area (Å²) < 4.78 is 5.13. The van der Waals surface area contributed by atoms with Gasteiger partial charge in [-0.1, -0.05) is 49.3 Å². The van der Waals surface area contributed by atoms with Gasteiger partial charge in [-0.2, -0.15) is 0 Å². The van der Waals surface area contributed by atoms with Gasteiger partial charge in [-0.15, -0.1) is 0 Å². The second-order valence-electron chi connectivity index (χ2n) is 7.26. The zero-order chi connectivity index (χ0) is 20.4. The average Bonchev–Trinajstić information content (AvgIpc) is 3.02. The number of carboxylic acid groups (broad SMARTS) is 1. The summed E-state index contributed by atoms with van der Waals surface area (Å²) in [6.07, 6.45) is 7.82. The quantitative estimate of drug-likeness (QED) is 0.422. The highest BCUT2D eigenvalue weighted by atomic mass is 16.5. The number of methoxy groups -OCH3 is 1. The van der Waals surface area contributed by atoms with Crippen LogP contribution in [0.15, 0.2) is 36.4 Å². The maximum Gasteiger partial charge on any atom is 0.303 e. The van der Waals surface area contributed by atoms with Gasteiger partial charge in [0.25, 0.3) is 0 Å². The van der Waals surface area contributed by atoms with Crippen LogP contribution in [0.1, 0.15) is 62.2 Å². The molecule has 1 amide bonds. The number of nitrogens with zero attached hydrogens (tertiary/aromatic N) is 1. The van der Waals surface area contributed by atoms with Gasteiger partial charge >= 0.3 is 5.97 Å². The first-order valence-electron chi connectivity index (χ1n) is 9.96. The number of benzene rings is 1. The predicted molar refractivity (Wildman–Crippen MR) is 107 cm³/mol. The first-order valence-corrected chi connectivity index (χ1v) is 9.96. The Morgan fingerprint density at radius 3 is 2.86 bits per heavy atom. The van der Waals surface area contributed by atoms with E-state index in [1.165, 1.54) is 0 Å². The zero-order valence-electron chi connectivity index (χ0n) is 16.5. The molecule has 1 aromatic rings. The number of ether oxygens (including phenoxy) is 1. The van der Waals surface area contributed by atoms with Crippen molar-refractivity contribution in [2.75, 3.05) is 13.7 Å². The largest absolute Gasteiger partial charge is 0.481 e. The summed E-state index contributed by atoms with van der Waals surface area (Å²) in [6.45, 7) is 1.18. The van der Waals surface area contributed by atoms with E-state index in [1.54, 1.807) is 13.2 Å². The topological polar surface area (TPSA) is 87.1 Å². The second-order valence-corrected chi connectivity index (χ2v) is 7.26. The Balaban J connectivity index is 1.84. The molecule has 0 aliphatic carbocycles. The normalized spacial score (nSPS) is 18.1. The van der Waals surface area contributed by atoms with Crippen molar-refractivity contribution in [1.29, 1.82) is 0 Å². The van der Waals surface area contributed by atoms with E-state index in [0.29, 0.717) is 26.0 Å². The van der Waals surface area contributed by atoms with Crippen molar-refractivity contribution >= 4 is 11.9 Å². The van der Waals surface area contributed by atoms with Gasteiger partial charge in [-0.3, -0.25) is 9.59 Å². The molecular weight excluding hydrogens is 358 g/mol. The van der Waals surface area contributed by atoms with Crippen LogP contribution in [0.5, 0.6) is 0 Å². The van der Waals surface area contributed by atoms with Gasteiger partial charge in [0.05, 0.1) is 18.8 Å². The first kappa shape index (κ1) is 22.1. The summed E-state index contributed by atoms with van der Waals surface area (Å²) >= 11 is 0. The molecule has 1 aliphatic rings. The first-order chi connectivity index (χ1) is 13.5. The van der Waals surface area contributed by atoms with Crippen LogP contribution in [-0.2, 0) is 20.9 Å². The van der Waals surface area contributed by atoms with Gasteiger partial charge in [0.2, 0.25) is 5.91 Å².